The van der Waals surface area contributed by atoms with Crippen molar-refractivity contribution < 1.29 is 19.3 Å². The first-order valence-corrected chi connectivity index (χ1v) is 8.55. The molecular formula is C18H32O4. The zero-order valence-electron chi connectivity index (χ0n) is 14.8. The van der Waals surface area contributed by atoms with Crippen LogP contribution in [0.3, 0.4) is 0 Å². The molecule has 128 valence electrons. The van der Waals surface area contributed by atoms with Gasteiger partial charge in [-0.2, -0.15) is 0 Å². The van der Waals surface area contributed by atoms with Gasteiger partial charge in [-0.05, 0) is 44.4 Å². The number of methoxy groups -OCH3 is 1. The minimum Gasteiger partial charge on any atom is -0.469 e. The summed E-state index contributed by atoms with van der Waals surface area (Å²) in [6.07, 6.45) is 9.57. The summed E-state index contributed by atoms with van der Waals surface area (Å²) in [5, 5.41) is 0. The van der Waals surface area contributed by atoms with Gasteiger partial charge in [0.05, 0.1) is 13.5 Å². The molecule has 4 heteroatoms. The van der Waals surface area contributed by atoms with Gasteiger partial charge in [-0.25, -0.2) is 9.78 Å². The van der Waals surface area contributed by atoms with Crippen LogP contribution in [0.1, 0.15) is 66.2 Å². The number of carbonyl (C=O) groups is 1. The first kappa shape index (κ1) is 19.2. The monoisotopic (exact) mass is 312 g/mol. The number of hydrogen-bond donors (Lipinski definition) is 0. The standard InChI is InChI=1S/C18H32O4/c1-6-9-10-14(7-2)12-18(4)13-15(8-3)16(21-22-18)11-17(19)20-5/h9-10,14-16H,6-8,11-13H2,1-5H3/b10-9+/t14-,15-,16-,18+/m0/s1. The highest BCUT2D eigenvalue weighted by Crippen LogP contribution is 2.39. The second kappa shape index (κ2) is 9.31. The number of rotatable bonds is 8. The Kier molecular flexibility index (Phi) is 8.12. The third kappa shape index (κ3) is 5.73. The topological polar surface area (TPSA) is 44.8 Å². The Bertz CT molecular complexity index is 366. The quantitative estimate of drug-likeness (QED) is 0.378. The molecule has 0 unspecified atom stereocenters. The molecule has 1 saturated heterocycles. The maximum absolute atomic E-state index is 11.5. The molecule has 0 saturated carbocycles. The molecule has 4 atom stereocenters. The summed E-state index contributed by atoms with van der Waals surface area (Å²) in [4.78, 5) is 22.8. The summed E-state index contributed by atoms with van der Waals surface area (Å²) in [6, 6.07) is 0. The van der Waals surface area contributed by atoms with Crippen LogP contribution < -0.4 is 0 Å². The first-order chi connectivity index (χ1) is 10.5. The van der Waals surface area contributed by atoms with Gasteiger partial charge in [-0.1, -0.05) is 39.3 Å². The summed E-state index contributed by atoms with van der Waals surface area (Å²) in [5.41, 5.74) is -0.286. The lowest BCUT2D eigenvalue weighted by Crippen LogP contribution is -2.45. The van der Waals surface area contributed by atoms with Crippen LogP contribution in [0.2, 0.25) is 0 Å². The van der Waals surface area contributed by atoms with E-state index < -0.39 is 0 Å². The average molecular weight is 312 g/mol. The Labute approximate surface area is 135 Å². The van der Waals surface area contributed by atoms with E-state index in [4.69, 9.17) is 14.5 Å². The Balaban J connectivity index is 2.66. The van der Waals surface area contributed by atoms with Crippen molar-refractivity contribution in [1.29, 1.82) is 0 Å². The van der Waals surface area contributed by atoms with Crippen LogP contribution in [-0.4, -0.2) is 24.8 Å². The van der Waals surface area contributed by atoms with Gasteiger partial charge in [0.2, 0.25) is 0 Å². The van der Waals surface area contributed by atoms with Crippen molar-refractivity contribution in [3.05, 3.63) is 12.2 Å². The molecule has 1 fully saturated rings. The molecule has 0 N–H and O–H groups in total. The van der Waals surface area contributed by atoms with Gasteiger partial charge >= 0.3 is 5.97 Å². The summed E-state index contributed by atoms with van der Waals surface area (Å²) in [5.74, 6) is 0.585. The molecule has 4 nitrogen and oxygen atoms in total. The molecule has 22 heavy (non-hydrogen) atoms. The van der Waals surface area contributed by atoms with E-state index in [1.54, 1.807) is 0 Å². The molecule has 1 heterocycles. The van der Waals surface area contributed by atoms with Gasteiger partial charge < -0.3 is 4.74 Å². The molecule has 1 aliphatic rings. The Hall–Kier alpha value is -0.870. The summed E-state index contributed by atoms with van der Waals surface area (Å²) < 4.78 is 4.74. The molecule has 0 bridgehead atoms. The summed E-state index contributed by atoms with van der Waals surface area (Å²) in [6.45, 7) is 8.61. The van der Waals surface area contributed by atoms with E-state index in [-0.39, 0.29) is 24.1 Å². The normalized spacial score (nSPS) is 30.4. The Morgan fingerprint density at radius 3 is 2.68 bits per heavy atom. The molecule has 0 aromatic heterocycles. The van der Waals surface area contributed by atoms with Crippen molar-refractivity contribution in [2.24, 2.45) is 11.8 Å². The maximum atomic E-state index is 11.5. The van der Waals surface area contributed by atoms with Crippen LogP contribution in [0.25, 0.3) is 0 Å². The second-order valence-electron chi connectivity index (χ2n) is 6.53. The van der Waals surface area contributed by atoms with Gasteiger partial charge in [-0.15, -0.1) is 0 Å². The minimum absolute atomic E-state index is 0.197. The lowest BCUT2D eigenvalue weighted by atomic mass is 9.79. The van der Waals surface area contributed by atoms with Crippen LogP contribution in [0.4, 0.5) is 0 Å². The Morgan fingerprint density at radius 1 is 1.41 bits per heavy atom. The fourth-order valence-electron chi connectivity index (χ4n) is 3.18. The van der Waals surface area contributed by atoms with Gasteiger partial charge in [-0.3, -0.25) is 4.79 Å². The average Bonchev–Trinajstić information content (AvgIpc) is 2.53. The lowest BCUT2D eigenvalue weighted by Gasteiger charge is -2.42. The molecule has 1 aliphatic heterocycles. The highest BCUT2D eigenvalue weighted by Gasteiger charge is 2.41. The molecule has 0 aromatic carbocycles. The number of hydrogen-bond acceptors (Lipinski definition) is 4. The fraction of sp³-hybridized carbons (Fsp3) is 0.833. The van der Waals surface area contributed by atoms with Crippen LogP contribution in [0.15, 0.2) is 12.2 Å². The van der Waals surface area contributed by atoms with Crippen molar-refractivity contribution in [3.63, 3.8) is 0 Å². The zero-order valence-corrected chi connectivity index (χ0v) is 14.8. The Morgan fingerprint density at radius 2 is 2.14 bits per heavy atom. The third-order valence-electron chi connectivity index (χ3n) is 4.57. The minimum atomic E-state index is -0.286. The smallest absolute Gasteiger partial charge is 0.308 e. The zero-order chi connectivity index (χ0) is 16.6. The van der Waals surface area contributed by atoms with Crippen LogP contribution in [0, 0.1) is 11.8 Å². The fourth-order valence-corrected chi connectivity index (χ4v) is 3.18. The van der Waals surface area contributed by atoms with Crippen LogP contribution >= 0.6 is 0 Å². The van der Waals surface area contributed by atoms with E-state index in [0.717, 1.165) is 32.1 Å². The number of ether oxygens (including phenoxy) is 1. The van der Waals surface area contributed by atoms with Gasteiger partial charge in [0.15, 0.2) is 0 Å². The van der Waals surface area contributed by atoms with Crippen molar-refractivity contribution in [3.8, 4) is 0 Å². The predicted molar refractivity (Wildman–Crippen MR) is 87.2 cm³/mol. The number of esters is 1. The molecule has 1 rings (SSSR count). The maximum Gasteiger partial charge on any atom is 0.308 e. The summed E-state index contributed by atoms with van der Waals surface area (Å²) >= 11 is 0. The molecule has 0 spiro atoms. The third-order valence-corrected chi connectivity index (χ3v) is 4.57. The van der Waals surface area contributed by atoms with E-state index in [1.165, 1.54) is 7.11 Å². The van der Waals surface area contributed by atoms with Gasteiger partial charge in [0.1, 0.15) is 11.7 Å². The van der Waals surface area contributed by atoms with E-state index in [9.17, 15) is 4.79 Å². The SMILES string of the molecule is CC/C=C/[C@H](CC)C[C@]1(C)C[C@H](CC)[C@H](CC(=O)OC)OO1. The first-order valence-electron chi connectivity index (χ1n) is 8.55. The molecular weight excluding hydrogens is 280 g/mol. The number of carbonyl (C=O) groups excluding carboxylic acids is 1. The largest absolute Gasteiger partial charge is 0.469 e. The highest BCUT2D eigenvalue weighted by atomic mass is 17.2. The van der Waals surface area contributed by atoms with Crippen LogP contribution in [-0.2, 0) is 19.3 Å². The van der Waals surface area contributed by atoms with Crippen molar-refractivity contribution in [1.82, 2.24) is 0 Å². The molecule has 0 amide bonds. The predicted octanol–water partition coefficient (Wildman–Crippen LogP) is 4.44. The van der Waals surface area contributed by atoms with Crippen molar-refractivity contribution in [2.75, 3.05) is 7.11 Å². The van der Waals surface area contributed by atoms with E-state index in [2.05, 4.69) is 39.8 Å². The number of allylic oxidation sites excluding steroid dienone is 2. The summed E-state index contributed by atoms with van der Waals surface area (Å²) in [7, 11) is 1.41. The highest BCUT2D eigenvalue weighted by molar-refractivity contribution is 5.69. The molecule has 0 aromatic rings. The van der Waals surface area contributed by atoms with E-state index in [1.807, 2.05) is 0 Å². The molecule has 0 aliphatic carbocycles. The van der Waals surface area contributed by atoms with Crippen molar-refractivity contribution >= 4 is 5.97 Å². The van der Waals surface area contributed by atoms with E-state index >= 15 is 0 Å². The molecule has 0 radical (unpaired) electrons. The lowest BCUT2D eigenvalue weighted by molar-refractivity contribution is -0.419. The van der Waals surface area contributed by atoms with Crippen LogP contribution in [0.5, 0.6) is 0 Å². The van der Waals surface area contributed by atoms with E-state index in [0.29, 0.717) is 11.8 Å². The van der Waals surface area contributed by atoms with Crippen molar-refractivity contribution in [2.45, 2.75) is 77.9 Å². The van der Waals surface area contributed by atoms with Gasteiger partial charge in [0, 0.05) is 0 Å². The second-order valence-corrected chi connectivity index (χ2v) is 6.53. The van der Waals surface area contributed by atoms with Gasteiger partial charge in [0.25, 0.3) is 0 Å².